The first kappa shape index (κ1) is 15.7. The number of halogens is 1. The molecular formula is C12H19BrN4O2. The summed E-state index contributed by atoms with van der Waals surface area (Å²) in [7, 11) is 0. The largest absolute Gasteiger partial charge is 0.401 e. The summed E-state index contributed by atoms with van der Waals surface area (Å²) in [4.78, 5) is 23.1. The predicted molar refractivity (Wildman–Crippen MR) is 77.4 cm³/mol. The van der Waals surface area contributed by atoms with Gasteiger partial charge in [-0.05, 0) is 35.8 Å². The number of amides is 2. The van der Waals surface area contributed by atoms with Gasteiger partial charge in [-0.25, -0.2) is 0 Å². The van der Waals surface area contributed by atoms with Crippen LogP contribution in [0, 0.1) is 0 Å². The minimum atomic E-state index is -0.392. The number of carbonyl (C=O) groups excluding carboxylic acids is 2. The van der Waals surface area contributed by atoms with Crippen LogP contribution in [-0.2, 0) is 9.59 Å². The minimum Gasteiger partial charge on any atom is -0.401 e. The van der Waals surface area contributed by atoms with Gasteiger partial charge in [-0.2, -0.15) is 0 Å². The Hall–Kier alpha value is -1.34. The first-order valence-electron chi connectivity index (χ1n) is 6.06. The van der Waals surface area contributed by atoms with Gasteiger partial charge >= 0.3 is 0 Å². The molecule has 106 valence electrons. The molecule has 0 aromatic carbocycles. The summed E-state index contributed by atoms with van der Waals surface area (Å²) in [5.41, 5.74) is 7.04. The molecule has 0 bridgehead atoms. The summed E-state index contributed by atoms with van der Waals surface area (Å²) >= 11 is 3.05. The molecule has 0 unspecified atom stereocenters. The molecule has 1 heterocycles. The molecule has 0 fully saturated rings. The zero-order valence-electron chi connectivity index (χ0n) is 10.9. The van der Waals surface area contributed by atoms with E-state index in [4.69, 9.17) is 5.73 Å². The van der Waals surface area contributed by atoms with Crippen molar-refractivity contribution in [3.63, 3.8) is 0 Å². The van der Waals surface area contributed by atoms with Gasteiger partial charge in [0.05, 0.1) is 6.54 Å². The van der Waals surface area contributed by atoms with Crippen molar-refractivity contribution in [2.45, 2.75) is 13.3 Å². The SMILES string of the molecule is C/C(N)=C(/Br)C(=O)NCC(=O)NCC1=CCNCC1. The maximum absolute atomic E-state index is 11.6. The van der Waals surface area contributed by atoms with E-state index in [1.165, 1.54) is 5.57 Å². The molecule has 19 heavy (non-hydrogen) atoms. The Bertz CT molecular complexity index is 414. The van der Waals surface area contributed by atoms with E-state index >= 15 is 0 Å². The summed E-state index contributed by atoms with van der Waals surface area (Å²) < 4.78 is 0.251. The second kappa shape index (κ2) is 7.96. The molecular weight excluding hydrogens is 312 g/mol. The molecule has 0 aliphatic carbocycles. The third-order valence-electron chi connectivity index (χ3n) is 2.63. The highest BCUT2D eigenvalue weighted by Gasteiger charge is 2.10. The molecule has 1 rings (SSSR count). The van der Waals surface area contributed by atoms with Crippen LogP contribution in [0.1, 0.15) is 13.3 Å². The van der Waals surface area contributed by atoms with E-state index in [1.54, 1.807) is 6.92 Å². The quantitative estimate of drug-likeness (QED) is 0.412. The number of nitrogens with one attached hydrogen (secondary N) is 3. The van der Waals surface area contributed by atoms with Crippen LogP contribution in [0.2, 0.25) is 0 Å². The van der Waals surface area contributed by atoms with Gasteiger partial charge in [0.2, 0.25) is 5.91 Å². The highest BCUT2D eigenvalue weighted by molar-refractivity contribution is 9.12. The Morgan fingerprint density at radius 2 is 2.21 bits per heavy atom. The van der Waals surface area contributed by atoms with Gasteiger partial charge < -0.3 is 21.7 Å². The normalized spacial score (nSPS) is 16.2. The van der Waals surface area contributed by atoms with Gasteiger partial charge in [0.25, 0.3) is 5.91 Å². The van der Waals surface area contributed by atoms with Crippen LogP contribution >= 0.6 is 15.9 Å². The Labute approximate surface area is 121 Å². The Balaban J connectivity index is 2.26. The number of hydrogen-bond donors (Lipinski definition) is 4. The fraction of sp³-hybridized carbons (Fsp3) is 0.500. The zero-order valence-corrected chi connectivity index (χ0v) is 12.5. The summed E-state index contributed by atoms with van der Waals surface area (Å²) in [6.07, 6.45) is 3.01. The van der Waals surface area contributed by atoms with Gasteiger partial charge in [0.15, 0.2) is 0 Å². The smallest absolute Gasteiger partial charge is 0.260 e. The van der Waals surface area contributed by atoms with Gasteiger partial charge in [0.1, 0.15) is 4.48 Å². The molecule has 5 N–H and O–H groups in total. The summed E-state index contributed by atoms with van der Waals surface area (Å²) in [6.45, 7) is 3.85. The minimum absolute atomic E-state index is 0.0628. The summed E-state index contributed by atoms with van der Waals surface area (Å²) in [6, 6.07) is 0. The van der Waals surface area contributed by atoms with E-state index in [1.807, 2.05) is 0 Å². The van der Waals surface area contributed by atoms with Crippen molar-refractivity contribution in [2.24, 2.45) is 5.73 Å². The fourth-order valence-electron chi connectivity index (χ4n) is 1.52. The second-order valence-electron chi connectivity index (χ2n) is 4.27. The van der Waals surface area contributed by atoms with Crippen molar-refractivity contribution >= 4 is 27.7 Å². The van der Waals surface area contributed by atoms with Gasteiger partial charge in [-0.15, -0.1) is 0 Å². The van der Waals surface area contributed by atoms with Gasteiger partial charge in [0, 0.05) is 18.8 Å². The first-order chi connectivity index (χ1) is 9.00. The molecule has 7 heteroatoms. The number of hydrogen-bond acceptors (Lipinski definition) is 4. The molecule has 0 aromatic rings. The summed E-state index contributed by atoms with van der Waals surface area (Å²) in [5, 5.41) is 8.44. The van der Waals surface area contributed by atoms with E-state index < -0.39 is 5.91 Å². The monoisotopic (exact) mass is 330 g/mol. The van der Waals surface area contributed by atoms with Crippen LogP contribution in [0.4, 0.5) is 0 Å². The van der Waals surface area contributed by atoms with Crippen LogP contribution in [0.3, 0.4) is 0 Å². The van der Waals surface area contributed by atoms with Crippen molar-refractivity contribution in [1.29, 1.82) is 0 Å². The van der Waals surface area contributed by atoms with Crippen molar-refractivity contribution in [2.75, 3.05) is 26.2 Å². The average Bonchev–Trinajstić information content (AvgIpc) is 2.42. The second-order valence-corrected chi connectivity index (χ2v) is 5.07. The standard InChI is InChI=1S/C12H19BrN4O2/c1-8(14)11(13)12(19)17-7-10(18)16-6-9-2-4-15-5-3-9/h2,15H,3-7,14H2,1H3,(H,16,18)(H,17,19)/b11-8-. The third kappa shape index (κ3) is 5.89. The van der Waals surface area contributed by atoms with Crippen LogP contribution in [0.25, 0.3) is 0 Å². The number of carbonyl (C=O) groups is 2. The molecule has 2 amide bonds. The lowest BCUT2D eigenvalue weighted by molar-refractivity contribution is -0.123. The zero-order chi connectivity index (χ0) is 14.3. The maximum atomic E-state index is 11.6. The van der Waals surface area contributed by atoms with Gasteiger partial charge in [-0.1, -0.05) is 11.6 Å². The van der Waals surface area contributed by atoms with E-state index in [0.717, 1.165) is 19.5 Å². The van der Waals surface area contributed by atoms with Crippen molar-refractivity contribution in [3.8, 4) is 0 Å². The fourth-order valence-corrected chi connectivity index (χ4v) is 1.66. The average molecular weight is 331 g/mol. The Morgan fingerprint density at radius 3 is 2.79 bits per heavy atom. The van der Waals surface area contributed by atoms with E-state index in [2.05, 4.69) is 38.0 Å². The van der Waals surface area contributed by atoms with Crippen molar-refractivity contribution in [3.05, 3.63) is 21.8 Å². The topological polar surface area (TPSA) is 96.2 Å². The lowest BCUT2D eigenvalue weighted by atomic mass is 10.1. The Kier molecular flexibility index (Phi) is 6.58. The van der Waals surface area contributed by atoms with Crippen LogP contribution in [0.5, 0.6) is 0 Å². The van der Waals surface area contributed by atoms with E-state index in [0.29, 0.717) is 12.2 Å². The van der Waals surface area contributed by atoms with Gasteiger partial charge in [-0.3, -0.25) is 9.59 Å². The van der Waals surface area contributed by atoms with E-state index in [9.17, 15) is 9.59 Å². The highest BCUT2D eigenvalue weighted by Crippen LogP contribution is 2.07. The predicted octanol–water partition coefficient (Wildman–Crippen LogP) is -0.276. The molecule has 1 aliphatic heterocycles. The molecule has 1 aliphatic rings. The molecule has 0 saturated heterocycles. The lowest BCUT2D eigenvalue weighted by Crippen LogP contribution is -2.38. The first-order valence-corrected chi connectivity index (χ1v) is 6.85. The highest BCUT2D eigenvalue weighted by atomic mass is 79.9. The van der Waals surface area contributed by atoms with Crippen molar-refractivity contribution < 1.29 is 9.59 Å². The van der Waals surface area contributed by atoms with Crippen LogP contribution in [-0.4, -0.2) is 38.0 Å². The van der Waals surface area contributed by atoms with Crippen LogP contribution < -0.4 is 21.7 Å². The maximum Gasteiger partial charge on any atom is 0.260 e. The van der Waals surface area contributed by atoms with E-state index in [-0.39, 0.29) is 16.9 Å². The third-order valence-corrected chi connectivity index (χ3v) is 3.61. The number of rotatable bonds is 5. The molecule has 0 saturated carbocycles. The Morgan fingerprint density at radius 1 is 1.47 bits per heavy atom. The molecule has 0 spiro atoms. The molecule has 6 nitrogen and oxygen atoms in total. The molecule has 0 radical (unpaired) electrons. The molecule has 0 atom stereocenters. The lowest BCUT2D eigenvalue weighted by Gasteiger charge is -2.14. The van der Waals surface area contributed by atoms with Crippen LogP contribution in [0.15, 0.2) is 21.8 Å². The number of nitrogens with two attached hydrogens (primary N) is 1. The number of allylic oxidation sites excluding steroid dienone is 1. The summed E-state index contributed by atoms with van der Waals surface area (Å²) in [5.74, 6) is -0.612. The molecule has 0 aromatic heterocycles. The van der Waals surface area contributed by atoms with Crippen molar-refractivity contribution in [1.82, 2.24) is 16.0 Å².